The Morgan fingerprint density at radius 2 is 1.89 bits per heavy atom. The Labute approximate surface area is 112 Å². The number of anilines is 1. The molecular weight excluding hydrogens is 242 g/mol. The Bertz CT molecular complexity index is 504. The van der Waals surface area contributed by atoms with Crippen molar-refractivity contribution in [3.63, 3.8) is 0 Å². The van der Waals surface area contributed by atoms with Crippen molar-refractivity contribution in [3.8, 4) is 17.6 Å². The van der Waals surface area contributed by atoms with Gasteiger partial charge in [-0.25, -0.2) is 0 Å². The third-order valence-corrected chi connectivity index (χ3v) is 3.77. The van der Waals surface area contributed by atoms with Crippen LogP contribution in [0.1, 0.15) is 6.92 Å². The molecule has 5 heteroatoms. The fourth-order valence-electron chi connectivity index (χ4n) is 2.53. The molecule has 2 heterocycles. The highest BCUT2D eigenvalue weighted by molar-refractivity contribution is 5.57. The standard InChI is InChI=1S/C14H17N3O2/c1-11(9-15)16-4-6-17(7-5-16)12-2-3-13-14(8-12)19-10-18-13/h2-3,8,11H,4-7,10H2,1H3. The predicted molar refractivity (Wildman–Crippen MR) is 71.4 cm³/mol. The number of benzene rings is 1. The van der Waals surface area contributed by atoms with Crippen LogP contribution in [0.4, 0.5) is 5.69 Å². The molecule has 0 radical (unpaired) electrons. The van der Waals surface area contributed by atoms with Gasteiger partial charge < -0.3 is 14.4 Å². The van der Waals surface area contributed by atoms with Crippen LogP contribution in [0.15, 0.2) is 18.2 Å². The zero-order valence-electron chi connectivity index (χ0n) is 11.0. The first kappa shape index (κ1) is 12.1. The second-order valence-electron chi connectivity index (χ2n) is 4.87. The number of rotatable bonds is 2. The van der Waals surface area contributed by atoms with Crippen LogP contribution in [-0.4, -0.2) is 43.9 Å². The molecule has 5 nitrogen and oxygen atoms in total. The second-order valence-corrected chi connectivity index (χ2v) is 4.87. The van der Waals surface area contributed by atoms with E-state index < -0.39 is 0 Å². The van der Waals surface area contributed by atoms with Gasteiger partial charge in [0, 0.05) is 37.9 Å². The maximum atomic E-state index is 8.94. The van der Waals surface area contributed by atoms with Gasteiger partial charge in [-0.3, -0.25) is 4.90 Å². The maximum Gasteiger partial charge on any atom is 0.231 e. The molecule has 1 atom stereocenters. The lowest BCUT2D eigenvalue weighted by Gasteiger charge is -2.37. The van der Waals surface area contributed by atoms with Gasteiger partial charge in [-0.1, -0.05) is 0 Å². The summed E-state index contributed by atoms with van der Waals surface area (Å²) in [4.78, 5) is 4.53. The summed E-state index contributed by atoms with van der Waals surface area (Å²) in [6.45, 7) is 5.98. The summed E-state index contributed by atoms with van der Waals surface area (Å²) in [6.07, 6.45) is 0. The SMILES string of the molecule is CC(C#N)N1CCN(c2ccc3c(c2)OCO3)CC1. The molecule has 1 aromatic carbocycles. The van der Waals surface area contributed by atoms with Gasteiger partial charge >= 0.3 is 0 Å². The van der Waals surface area contributed by atoms with Crippen LogP contribution in [0.3, 0.4) is 0 Å². The van der Waals surface area contributed by atoms with E-state index in [1.807, 2.05) is 19.1 Å². The molecule has 1 unspecified atom stereocenters. The molecule has 0 amide bonds. The van der Waals surface area contributed by atoms with Crippen molar-refractivity contribution in [1.29, 1.82) is 5.26 Å². The molecule has 0 aromatic heterocycles. The van der Waals surface area contributed by atoms with Crippen molar-refractivity contribution in [2.75, 3.05) is 37.9 Å². The van der Waals surface area contributed by atoms with Crippen LogP contribution >= 0.6 is 0 Å². The normalized spacial score (nSPS) is 20.1. The van der Waals surface area contributed by atoms with Crippen molar-refractivity contribution in [2.24, 2.45) is 0 Å². The lowest BCUT2D eigenvalue weighted by Crippen LogP contribution is -2.49. The predicted octanol–water partition coefficient (Wildman–Crippen LogP) is 1.45. The van der Waals surface area contributed by atoms with E-state index in [1.54, 1.807) is 0 Å². The molecule has 2 aliphatic heterocycles. The van der Waals surface area contributed by atoms with Crippen LogP contribution in [0, 0.1) is 11.3 Å². The minimum atomic E-state index is -0.00101. The van der Waals surface area contributed by atoms with Crippen molar-refractivity contribution in [3.05, 3.63) is 18.2 Å². The van der Waals surface area contributed by atoms with E-state index in [1.165, 1.54) is 0 Å². The van der Waals surface area contributed by atoms with Crippen molar-refractivity contribution >= 4 is 5.69 Å². The quantitative estimate of drug-likeness (QED) is 0.804. The Morgan fingerprint density at radius 1 is 1.16 bits per heavy atom. The first-order valence-corrected chi connectivity index (χ1v) is 6.56. The monoisotopic (exact) mass is 259 g/mol. The van der Waals surface area contributed by atoms with Crippen LogP contribution in [0.5, 0.6) is 11.5 Å². The molecule has 3 rings (SSSR count). The minimum Gasteiger partial charge on any atom is -0.454 e. The summed E-state index contributed by atoms with van der Waals surface area (Å²) in [6, 6.07) is 8.35. The molecule has 0 saturated carbocycles. The molecule has 1 aromatic rings. The summed E-state index contributed by atoms with van der Waals surface area (Å²) in [7, 11) is 0. The van der Waals surface area contributed by atoms with Gasteiger partial charge in [0.15, 0.2) is 11.5 Å². The molecule has 2 aliphatic rings. The average molecular weight is 259 g/mol. The summed E-state index contributed by atoms with van der Waals surface area (Å²) >= 11 is 0. The first-order valence-electron chi connectivity index (χ1n) is 6.56. The molecule has 0 bridgehead atoms. The highest BCUT2D eigenvalue weighted by atomic mass is 16.7. The summed E-state index contributed by atoms with van der Waals surface area (Å²) < 4.78 is 10.7. The van der Waals surface area contributed by atoms with Gasteiger partial charge in [0.05, 0.1) is 12.1 Å². The van der Waals surface area contributed by atoms with Gasteiger partial charge in [-0.2, -0.15) is 5.26 Å². The van der Waals surface area contributed by atoms with Crippen LogP contribution in [0.25, 0.3) is 0 Å². The number of ether oxygens (including phenoxy) is 2. The number of nitrogens with zero attached hydrogens (tertiary/aromatic N) is 3. The average Bonchev–Trinajstić information content (AvgIpc) is 2.94. The molecular formula is C14H17N3O2. The van der Waals surface area contributed by atoms with Crippen LogP contribution in [-0.2, 0) is 0 Å². The summed E-state index contributed by atoms with van der Waals surface area (Å²) in [5.74, 6) is 1.64. The van der Waals surface area contributed by atoms with E-state index in [0.29, 0.717) is 6.79 Å². The number of hydrogen-bond donors (Lipinski definition) is 0. The van der Waals surface area contributed by atoms with E-state index >= 15 is 0 Å². The Morgan fingerprint density at radius 3 is 2.63 bits per heavy atom. The van der Waals surface area contributed by atoms with Crippen LogP contribution in [0.2, 0.25) is 0 Å². The largest absolute Gasteiger partial charge is 0.454 e. The highest BCUT2D eigenvalue weighted by Gasteiger charge is 2.22. The van der Waals surface area contributed by atoms with Gasteiger partial charge in [0.25, 0.3) is 0 Å². The third kappa shape index (κ3) is 2.32. The number of nitriles is 1. The number of fused-ring (bicyclic) bond motifs is 1. The van der Waals surface area contributed by atoms with E-state index in [4.69, 9.17) is 14.7 Å². The van der Waals surface area contributed by atoms with E-state index in [9.17, 15) is 0 Å². The minimum absolute atomic E-state index is 0.00101. The number of hydrogen-bond acceptors (Lipinski definition) is 5. The van der Waals surface area contributed by atoms with Gasteiger partial charge in [-0.05, 0) is 19.1 Å². The molecule has 1 saturated heterocycles. The van der Waals surface area contributed by atoms with E-state index in [-0.39, 0.29) is 6.04 Å². The highest BCUT2D eigenvalue weighted by Crippen LogP contribution is 2.35. The molecule has 100 valence electrons. The zero-order chi connectivity index (χ0) is 13.2. The van der Waals surface area contributed by atoms with Crippen molar-refractivity contribution in [1.82, 2.24) is 4.90 Å². The number of piperazine rings is 1. The fraction of sp³-hybridized carbons (Fsp3) is 0.500. The molecule has 19 heavy (non-hydrogen) atoms. The van der Waals surface area contributed by atoms with Crippen LogP contribution < -0.4 is 14.4 Å². The van der Waals surface area contributed by atoms with Crippen molar-refractivity contribution < 1.29 is 9.47 Å². The topological polar surface area (TPSA) is 48.7 Å². The van der Waals surface area contributed by atoms with Crippen molar-refractivity contribution in [2.45, 2.75) is 13.0 Å². The first-order chi connectivity index (χ1) is 9.28. The van der Waals surface area contributed by atoms with Gasteiger partial charge in [0.1, 0.15) is 0 Å². The third-order valence-electron chi connectivity index (χ3n) is 3.77. The van der Waals surface area contributed by atoms with Gasteiger partial charge in [0.2, 0.25) is 6.79 Å². The zero-order valence-corrected chi connectivity index (χ0v) is 11.0. The van der Waals surface area contributed by atoms with E-state index in [0.717, 1.165) is 43.4 Å². The Kier molecular flexibility index (Phi) is 3.18. The molecule has 1 fully saturated rings. The Hall–Kier alpha value is -1.93. The lowest BCUT2D eigenvalue weighted by atomic mass is 10.2. The van der Waals surface area contributed by atoms with E-state index in [2.05, 4.69) is 21.9 Å². The summed E-state index contributed by atoms with van der Waals surface area (Å²) in [5, 5.41) is 8.94. The maximum absolute atomic E-state index is 8.94. The van der Waals surface area contributed by atoms with Gasteiger partial charge in [-0.15, -0.1) is 0 Å². The Balaban J connectivity index is 1.67. The molecule has 0 N–H and O–H groups in total. The smallest absolute Gasteiger partial charge is 0.231 e. The second kappa shape index (κ2) is 4.98. The molecule has 0 spiro atoms. The lowest BCUT2D eigenvalue weighted by molar-refractivity contribution is 0.174. The fourth-order valence-corrected chi connectivity index (χ4v) is 2.53. The molecule has 0 aliphatic carbocycles. The summed E-state index contributed by atoms with van der Waals surface area (Å²) in [5.41, 5.74) is 1.16.